The third kappa shape index (κ3) is 4.46. The van der Waals surface area contributed by atoms with Gasteiger partial charge in [0.25, 0.3) is 5.91 Å². The lowest BCUT2D eigenvalue weighted by atomic mass is 10.0. The van der Waals surface area contributed by atoms with Crippen LogP contribution in [0.15, 0.2) is 72.1 Å². The lowest BCUT2D eigenvalue weighted by Gasteiger charge is -2.07. The Kier molecular flexibility index (Phi) is 5.61. The summed E-state index contributed by atoms with van der Waals surface area (Å²) >= 11 is 6.19. The van der Waals surface area contributed by atoms with E-state index in [0.29, 0.717) is 22.6 Å². The Morgan fingerprint density at radius 3 is 2.69 bits per heavy atom. The van der Waals surface area contributed by atoms with E-state index in [4.69, 9.17) is 11.6 Å². The number of nitrogens with zero attached hydrogens (tertiary/aromatic N) is 2. The number of amides is 1. The summed E-state index contributed by atoms with van der Waals surface area (Å²) in [6, 6.07) is 16.0. The second kappa shape index (κ2) is 8.27. The number of phenolic OH excluding ortho intramolecular Hbond substituents is 1. The summed E-state index contributed by atoms with van der Waals surface area (Å²) in [4.78, 5) is 15.8. The average molecular weight is 366 g/mol. The van der Waals surface area contributed by atoms with Crippen molar-refractivity contribution in [3.05, 3.63) is 94.3 Å². The van der Waals surface area contributed by atoms with Crippen molar-refractivity contribution in [3.63, 3.8) is 0 Å². The highest BCUT2D eigenvalue weighted by atomic mass is 35.5. The Morgan fingerprint density at radius 1 is 1.15 bits per heavy atom. The molecule has 5 nitrogen and oxygen atoms in total. The van der Waals surface area contributed by atoms with Gasteiger partial charge in [-0.1, -0.05) is 35.9 Å². The molecule has 0 spiro atoms. The first kappa shape index (κ1) is 17.6. The van der Waals surface area contributed by atoms with Crippen molar-refractivity contribution in [3.8, 4) is 5.75 Å². The van der Waals surface area contributed by atoms with E-state index < -0.39 is 0 Å². The van der Waals surface area contributed by atoms with Crippen LogP contribution in [-0.4, -0.2) is 22.2 Å². The maximum Gasteiger partial charge on any atom is 0.271 e. The lowest BCUT2D eigenvalue weighted by molar-refractivity contribution is 0.0955. The van der Waals surface area contributed by atoms with Crippen LogP contribution in [0.25, 0.3) is 0 Å². The monoisotopic (exact) mass is 365 g/mol. The summed E-state index contributed by atoms with van der Waals surface area (Å²) in [5.74, 6) is -0.273. The third-order valence-electron chi connectivity index (χ3n) is 3.76. The van der Waals surface area contributed by atoms with E-state index in [1.807, 2.05) is 30.3 Å². The van der Waals surface area contributed by atoms with Crippen LogP contribution in [-0.2, 0) is 6.42 Å². The number of carbonyl (C=O) groups excluding carboxylic acids is 1. The zero-order chi connectivity index (χ0) is 18.4. The van der Waals surface area contributed by atoms with Crippen molar-refractivity contribution in [2.24, 2.45) is 5.10 Å². The minimum absolute atomic E-state index is 0.0785. The number of phenols is 1. The molecule has 0 atom stereocenters. The van der Waals surface area contributed by atoms with Crippen molar-refractivity contribution in [2.75, 3.05) is 0 Å². The first-order chi connectivity index (χ1) is 12.6. The van der Waals surface area contributed by atoms with Crippen molar-refractivity contribution >= 4 is 23.7 Å². The average Bonchev–Trinajstić information content (AvgIpc) is 2.66. The summed E-state index contributed by atoms with van der Waals surface area (Å²) in [5.41, 5.74) is 5.34. The third-order valence-corrected chi connectivity index (χ3v) is 4.13. The molecule has 0 aliphatic heterocycles. The highest BCUT2D eigenvalue weighted by Gasteiger charge is 2.06. The predicted octanol–water partition coefficient (Wildman–Crippen LogP) is 3.80. The summed E-state index contributed by atoms with van der Waals surface area (Å²) in [7, 11) is 0. The fourth-order valence-corrected chi connectivity index (χ4v) is 2.61. The topological polar surface area (TPSA) is 74.6 Å². The number of aromatic nitrogens is 1. The summed E-state index contributed by atoms with van der Waals surface area (Å²) in [6.45, 7) is 0. The Bertz CT molecular complexity index is 943. The fraction of sp³-hybridized carbons (Fsp3) is 0.0500. The van der Waals surface area contributed by atoms with Crippen LogP contribution in [0.2, 0.25) is 5.02 Å². The van der Waals surface area contributed by atoms with Crippen LogP contribution >= 0.6 is 11.6 Å². The number of hydrogen-bond donors (Lipinski definition) is 2. The van der Waals surface area contributed by atoms with Crippen molar-refractivity contribution in [2.45, 2.75) is 6.42 Å². The van der Waals surface area contributed by atoms with E-state index in [1.165, 1.54) is 18.6 Å². The molecular weight excluding hydrogens is 350 g/mol. The lowest BCUT2D eigenvalue weighted by Crippen LogP contribution is -2.17. The number of benzene rings is 2. The highest BCUT2D eigenvalue weighted by Crippen LogP contribution is 2.22. The Hall–Kier alpha value is -3.18. The van der Waals surface area contributed by atoms with Gasteiger partial charge in [0, 0.05) is 28.5 Å². The summed E-state index contributed by atoms with van der Waals surface area (Å²) in [6.07, 6.45) is 5.10. The molecule has 6 heteroatoms. The number of carbonyl (C=O) groups is 1. The molecule has 0 unspecified atom stereocenters. The quantitative estimate of drug-likeness (QED) is 0.533. The Labute approximate surface area is 156 Å². The maximum absolute atomic E-state index is 11.9. The van der Waals surface area contributed by atoms with Gasteiger partial charge < -0.3 is 5.11 Å². The van der Waals surface area contributed by atoms with Crippen LogP contribution in [0.1, 0.15) is 27.0 Å². The van der Waals surface area contributed by atoms with Gasteiger partial charge in [0.15, 0.2) is 0 Å². The van der Waals surface area contributed by atoms with Crippen molar-refractivity contribution in [1.29, 1.82) is 0 Å². The molecule has 3 aromatic rings. The fourth-order valence-electron chi connectivity index (χ4n) is 2.41. The largest absolute Gasteiger partial charge is 0.507 e. The van der Waals surface area contributed by atoms with E-state index in [2.05, 4.69) is 15.5 Å². The second-order valence-corrected chi connectivity index (χ2v) is 6.00. The minimum atomic E-state index is -0.352. The van der Waals surface area contributed by atoms with Gasteiger partial charge in [-0.2, -0.15) is 5.10 Å². The molecule has 2 aromatic carbocycles. The van der Waals surface area contributed by atoms with Crippen molar-refractivity contribution < 1.29 is 9.90 Å². The molecule has 0 aliphatic rings. The molecule has 0 fully saturated rings. The molecule has 2 N–H and O–H groups in total. The molecule has 3 rings (SSSR count). The van der Waals surface area contributed by atoms with Gasteiger partial charge in [0.05, 0.1) is 6.21 Å². The van der Waals surface area contributed by atoms with Crippen LogP contribution < -0.4 is 5.43 Å². The number of rotatable bonds is 5. The Morgan fingerprint density at radius 2 is 1.92 bits per heavy atom. The molecule has 0 saturated heterocycles. The molecule has 26 heavy (non-hydrogen) atoms. The Balaban J connectivity index is 1.72. The molecule has 1 aromatic heterocycles. The predicted molar refractivity (Wildman–Crippen MR) is 102 cm³/mol. The number of hydrogen-bond acceptors (Lipinski definition) is 4. The summed E-state index contributed by atoms with van der Waals surface area (Å²) in [5, 5.41) is 14.6. The van der Waals surface area contributed by atoms with E-state index in [1.54, 1.807) is 24.3 Å². The molecule has 0 aliphatic carbocycles. The number of nitrogens with one attached hydrogen (secondary N) is 1. The second-order valence-electron chi connectivity index (χ2n) is 5.60. The minimum Gasteiger partial charge on any atom is -0.507 e. The van der Waals surface area contributed by atoms with Crippen molar-refractivity contribution in [1.82, 2.24) is 10.4 Å². The highest BCUT2D eigenvalue weighted by molar-refractivity contribution is 6.31. The van der Waals surface area contributed by atoms with Gasteiger partial charge in [0.2, 0.25) is 0 Å². The van der Waals surface area contributed by atoms with E-state index in [9.17, 15) is 9.90 Å². The van der Waals surface area contributed by atoms with Gasteiger partial charge >= 0.3 is 0 Å². The number of pyridine rings is 1. The molecule has 0 radical (unpaired) electrons. The van der Waals surface area contributed by atoms with Crippen LogP contribution in [0.4, 0.5) is 0 Å². The SMILES string of the molecule is O=C(N/N=C\c1cc(Cc2ccccc2Cl)ccc1O)c1ccncc1. The zero-order valence-corrected chi connectivity index (χ0v) is 14.5. The maximum atomic E-state index is 11.9. The molecule has 1 amide bonds. The molecule has 0 saturated carbocycles. The van der Waals surface area contributed by atoms with Crippen LogP contribution in [0, 0.1) is 0 Å². The molecule has 1 heterocycles. The van der Waals surface area contributed by atoms with Gasteiger partial charge in [-0.3, -0.25) is 9.78 Å². The van der Waals surface area contributed by atoms with Gasteiger partial charge in [-0.05, 0) is 47.9 Å². The van der Waals surface area contributed by atoms with Gasteiger partial charge in [-0.15, -0.1) is 0 Å². The number of hydrazone groups is 1. The smallest absolute Gasteiger partial charge is 0.271 e. The van der Waals surface area contributed by atoms with E-state index >= 15 is 0 Å². The molecular formula is C20H16ClN3O2. The first-order valence-electron chi connectivity index (χ1n) is 7.92. The summed E-state index contributed by atoms with van der Waals surface area (Å²) < 4.78 is 0. The van der Waals surface area contributed by atoms with Gasteiger partial charge in [-0.25, -0.2) is 5.43 Å². The van der Waals surface area contributed by atoms with Crippen LogP contribution in [0.5, 0.6) is 5.75 Å². The molecule has 130 valence electrons. The number of halogens is 1. The molecule has 0 bridgehead atoms. The van der Waals surface area contributed by atoms with Crippen LogP contribution in [0.3, 0.4) is 0 Å². The standard InChI is InChI=1S/C20H16ClN3O2/c21-18-4-2-1-3-16(18)11-14-5-6-19(25)17(12-14)13-23-24-20(26)15-7-9-22-10-8-15/h1-10,12-13,25H,11H2,(H,24,26)/b23-13-. The number of aromatic hydroxyl groups is 1. The van der Waals surface area contributed by atoms with Gasteiger partial charge in [0.1, 0.15) is 5.75 Å². The normalized spacial score (nSPS) is 10.8. The zero-order valence-electron chi connectivity index (χ0n) is 13.8. The van der Waals surface area contributed by atoms with E-state index in [0.717, 1.165) is 11.1 Å². The first-order valence-corrected chi connectivity index (χ1v) is 8.30. The van der Waals surface area contributed by atoms with E-state index in [-0.39, 0.29) is 11.7 Å².